The van der Waals surface area contributed by atoms with E-state index in [4.69, 9.17) is 17.3 Å². The van der Waals surface area contributed by atoms with E-state index in [1.807, 2.05) is 12.1 Å². The maximum Gasteiger partial charge on any atom is 0.0406 e. The van der Waals surface area contributed by atoms with Crippen LogP contribution in [0, 0.1) is 5.92 Å². The highest BCUT2D eigenvalue weighted by atomic mass is 35.5. The van der Waals surface area contributed by atoms with E-state index in [-0.39, 0.29) is 0 Å². The first kappa shape index (κ1) is 14.8. The van der Waals surface area contributed by atoms with Gasteiger partial charge in [-0.3, -0.25) is 4.90 Å². The van der Waals surface area contributed by atoms with Gasteiger partial charge in [-0.15, -0.1) is 0 Å². The molecule has 2 nitrogen and oxygen atoms in total. The van der Waals surface area contributed by atoms with Crippen molar-refractivity contribution >= 4 is 11.6 Å². The van der Waals surface area contributed by atoms with Crippen LogP contribution in [0.3, 0.4) is 0 Å². The second kappa shape index (κ2) is 7.28. The molecule has 1 aromatic carbocycles. The third kappa shape index (κ3) is 4.48. The molecule has 2 atom stereocenters. The van der Waals surface area contributed by atoms with Crippen LogP contribution in [0.5, 0.6) is 0 Å². The number of hydrogen-bond donors (Lipinski definition) is 1. The number of benzene rings is 1. The van der Waals surface area contributed by atoms with Crippen molar-refractivity contribution in [2.75, 3.05) is 13.1 Å². The van der Waals surface area contributed by atoms with Crippen LogP contribution in [0.25, 0.3) is 0 Å². The average Bonchev–Trinajstić information content (AvgIpc) is 2.43. The van der Waals surface area contributed by atoms with Crippen molar-refractivity contribution in [3.63, 3.8) is 0 Å². The number of nitrogens with two attached hydrogens (primary N) is 1. The van der Waals surface area contributed by atoms with Gasteiger partial charge in [-0.05, 0) is 56.0 Å². The molecule has 19 heavy (non-hydrogen) atoms. The largest absolute Gasteiger partial charge is 0.330 e. The monoisotopic (exact) mass is 280 g/mol. The SMILES string of the molecule is CC(CN)CC1CCCCN1Cc1ccc(Cl)cc1. The highest BCUT2D eigenvalue weighted by Crippen LogP contribution is 2.24. The van der Waals surface area contributed by atoms with Crippen molar-refractivity contribution in [3.8, 4) is 0 Å². The molecule has 1 aliphatic heterocycles. The Morgan fingerprint density at radius 3 is 2.74 bits per heavy atom. The van der Waals surface area contributed by atoms with Crippen LogP contribution in [-0.2, 0) is 6.54 Å². The summed E-state index contributed by atoms with van der Waals surface area (Å²) >= 11 is 5.94. The average molecular weight is 281 g/mol. The van der Waals surface area contributed by atoms with Gasteiger partial charge in [0.05, 0.1) is 0 Å². The van der Waals surface area contributed by atoms with E-state index >= 15 is 0 Å². The van der Waals surface area contributed by atoms with Crippen LogP contribution in [0.15, 0.2) is 24.3 Å². The highest BCUT2D eigenvalue weighted by Gasteiger charge is 2.23. The zero-order valence-corrected chi connectivity index (χ0v) is 12.6. The molecule has 2 N–H and O–H groups in total. The summed E-state index contributed by atoms with van der Waals surface area (Å²) in [6.45, 7) is 5.31. The van der Waals surface area contributed by atoms with Crippen molar-refractivity contribution in [2.45, 2.75) is 45.2 Å². The van der Waals surface area contributed by atoms with Crippen molar-refractivity contribution in [1.82, 2.24) is 4.90 Å². The summed E-state index contributed by atoms with van der Waals surface area (Å²) in [6, 6.07) is 8.94. The van der Waals surface area contributed by atoms with Crippen LogP contribution in [0.4, 0.5) is 0 Å². The molecule has 2 rings (SSSR count). The minimum absolute atomic E-state index is 0.621. The molecular weight excluding hydrogens is 256 g/mol. The minimum Gasteiger partial charge on any atom is -0.330 e. The molecule has 0 spiro atoms. The van der Waals surface area contributed by atoms with Crippen LogP contribution in [0.1, 0.15) is 38.2 Å². The number of hydrogen-bond acceptors (Lipinski definition) is 2. The first-order valence-corrected chi connectivity index (χ1v) is 7.75. The molecule has 1 saturated heterocycles. The molecule has 0 amide bonds. The van der Waals surface area contributed by atoms with Crippen molar-refractivity contribution in [1.29, 1.82) is 0 Å². The highest BCUT2D eigenvalue weighted by molar-refractivity contribution is 6.30. The topological polar surface area (TPSA) is 29.3 Å². The Morgan fingerprint density at radius 1 is 1.32 bits per heavy atom. The van der Waals surface area contributed by atoms with Crippen molar-refractivity contribution in [2.24, 2.45) is 11.7 Å². The van der Waals surface area contributed by atoms with E-state index in [2.05, 4.69) is 24.0 Å². The molecule has 1 heterocycles. The van der Waals surface area contributed by atoms with Gasteiger partial charge in [0, 0.05) is 17.6 Å². The number of rotatable bonds is 5. The predicted octanol–water partition coefficient (Wildman–Crippen LogP) is 3.68. The lowest BCUT2D eigenvalue weighted by Gasteiger charge is -2.37. The summed E-state index contributed by atoms with van der Waals surface area (Å²) in [4.78, 5) is 2.62. The van der Waals surface area contributed by atoms with Gasteiger partial charge in [0.2, 0.25) is 0 Å². The number of halogens is 1. The molecule has 0 radical (unpaired) electrons. The Bertz CT molecular complexity index is 377. The molecule has 1 aliphatic rings. The molecule has 0 bridgehead atoms. The van der Waals surface area contributed by atoms with E-state index in [1.54, 1.807) is 0 Å². The third-order valence-electron chi connectivity index (χ3n) is 4.12. The quantitative estimate of drug-likeness (QED) is 0.891. The van der Waals surface area contributed by atoms with Crippen LogP contribution >= 0.6 is 11.6 Å². The molecule has 0 saturated carbocycles. The molecule has 0 aliphatic carbocycles. The Morgan fingerprint density at radius 2 is 2.05 bits per heavy atom. The standard InChI is InChI=1S/C16H25ClN2/c1-13(11-18)10-16-4-2-3-9-19(16)12-14-5-7-15(17)8-6-14/h5-8,13,16H,2-4,9-12,18H2,1H3. The third-order valence-corrected chi connectivity index (χ3v) is 4.38. The second-order valence-corrected chi connectivity index (χ2v) is 6.26. The lowest BCUT2D eigenvalue weighted by Crippen LogP contribution is -2.40. The summed E-state index contributed by atoms with van der Waals surface area (Å²) in [5, 5.41) is 0.815. The Kier molecular flexibility index (Phi) is 5.68. The summed E-state index contributed by atoms with van der Waals surface area (Å²) in [7, 11) is 0. The summed E-state index contributed by atoms with van der Waals surface area (Å²) in [5.41, 5.74) is 7.13. The molecule has 0 aromatic heterocycles. The van der Waals surface area contributed by atoms with E-state index in [0.717, 1.165) is 18.1 Å². The smallest absolute Gasteiger partial charge is 0.0406 e. The van der Waals surface area contributed by atoms with E-state index in [1.165, 1.54) is 37.8 Å². The van der Waals surface area contributed by atoms with Gasteiger partial charge in [-0.25, -0.2) is 0 Å². The maximum absolute atomic E-state index is 5.94. The lowest BCUT2D eigenvalue weighted by atomic mass is 9.93. The van der Waals surface area contributed by atoms with E-state index < -0.39 is 0 Å². The zero-order valence-electron chi connectivity index (χ0n) is 11.8. The van der Waals surface area contributed by atoms with E-state index in [9.17, 15) is 0 Å². The Labute approximate surface area is 121 Å². The fraction of sp³-hybridized carbons (Fsp3) is 0.625. The zero-order chi connectivity index (χ0) is 13.7. The summed E-state index contributed by atoms with van der Waals surface area (Å²) in [6.07, 6.45) is 5.22. The van der Waals surface area contributed by atoms with Crippen LogP contribution in [-0.4, -0.2) is 24.0 Å². The van der Waals surface area contributed by atoms with E-state index in [0.29, 0.717) is 12.0 Å². The minimum atomic E-state index is 0.621. The fourth-order valence-electron chi connectivity index (χ4n) is 2.92. The molecular formula is C16H25ClN2. The molecule has 1 fully saturated rings. The Hall–Kier alpha value is -0.570. The van der Waals surface area contributed by atoms with Crippen molar-refractivity contribution < 1.29 is 0 Å². The number of likely N-dealkylation sites (tertiary alicyclic amines) is 1. The van der Waals surface area contributed by atoms with Gasteiger partial charge in [0.15, 0.2) is 0 Å². The normalized spacial score (nSPS) is 22.4. The fourth-order valence-corrected chi connectivity index (χ4v) is 3.05. The first-order valence-electron chi connectivity index (χ1n) is 7.37. The number of piperidine rings is 1. The molecule has 2 unspecified atom stereocenters. The summed E-state index contributed by atoms with van der Waals surface area (Å²) < 4.78 is 0. The molecule has 1 aromatic rings. The van der Waals surface area contributed by atoms with Gasteiger partial charge >= 0.3 is 0 Å². The molecule has 3 heteroatoms. The van der Waals surface area contributed by atoms with Gasteiger partial charge in [-0.2, -0.15) is 0 Å². The first-order chi connectivity index (χ1) is 9.19. The lowest BCUT2D eigenvalue weighted by molar-refractivity contribution is 0.120. The maximum atomic E-state index is 5.94. The van der Waals surface area contributed by atoms with Gasteiger partial charge in [0.1, 0.15) is 0 Å². The number of nitrogens with zero attached hydrogens (tertiary/aromatic N) is 1. The molecule has 106 valence electrons. The van der Waals surface area contributed by atoms with Crippen LogP contribution in [0.2, 0.25) is 5.02 Å². The van der Waals surface area contributed by atoms with Crippen molar-refractivity contribution in [3.05, 3.63) is 34.9 Å². The summed E-state index contributed by atoms with van der Waals surface area (Å²) in [5.74, 6) is 0.621. The van der Waals surface area contributed by atoms with Crippen LogP contribution < -0.4 is 5.73 Å². The predicted molar refractivity (Wildman–Crippen MR) is 82.3 cm³/mol. The van der Waals surface area contributed by atoms with Gasteiger partial charge in [-0.1, -0.05) is 37.1 Å². The second-order valence-electron chi connectivity index (χ2n) is 5.82. The Balaban J connectivity index is 1.97. The van der Waals surface area contributed by atoms with Gasteiger partial charge < -0.3 is 5.73 Å². The van der Waals surface area contributed by atoms with Gasteiger partial charge in [0.25, 0.3) is 0 Å².